The third-order valence-corrected chi connectivity index (χ3v) is 9.75. The number of ether oxygens (including phenoxy) is 4. The fourth-order valence-corrected chi connectivity index (χ4v) is 7.11. The number of carbonyl (C=O) groups excluding carboxylic acids is 3. The summed E-state index contributed by atoms with van der Waals surface area (Å²) < 4.78 is 23.6. The van der Waals surface area contributed by atoms with Gasteiger partial charge in [0.1, 0.15) is 22.1 Å². The van der Waals surface area contributed by atoms with Gasteiger partial charge >= 0.3 is 11.1 Å². The molecule has 3 atom stereocenters. The fraction of sp³-hybridized carbons (Fsp3) is 0.306. The maximum Gasteiger partial charge on any atom is 0.316 e. The SMILES string of the molecule is COc1cc(C(CC(=O)NCCn2c(=O)c(=O)[nH]c3ccccc32)C2=C(O)C3(Oc4c(Cl)c(OC)cc(OC)c4C3=O)C(C)CC2=O)ccc1O. The molecule has 0 radical (unpaired) electrons. The van der Waals surface area contributed by atoms with E-state index in [2.05, 4.69) is 10.3 Å². The Labute approximate surface area is 295 Å². The van der Waals surface area contributed by atoms with Crippen molar-refractivity contribution in [1.29, 1.82) is 0 Å². The van der Waals surface area contributed by atoms with E-state index in [0.717, 1.165) is 0 Å². The molecular formula is C36H34ClN3O11. The first-order valence-electron chi connectivity index (χ1n) is 15.9. The molecular weight excluding hydrogens is 686 g/mol. The minimum absolute atomic E-state index is 0.0362. The van der Waals surface area contributed by atoms with Gasteiger partial charge in [-0.05, 0) is 29.8 Å². The van der Waals surface area contributed by atoms with Gasteiger partial charge in [-0.2, -0.15) is 0 Å². The van der Waals surface area contributed by atoms with Gasteiger partial charge in [-0.1, -0.05) is 36.7 Å². The van der Waals surface area contributed by atoms with Crippen LogP contribution in [0.5, 0.6) is 28.7 Å². The maximum absolute atomic E-state index is 14.3. The number of ketones is 2. The number of aromatic amines is 1. The second kappa shape index (κ2) is 13.5. The quantitative estimate of drug-likeness (QED) is 0.174. The summed E-state index contributed by atoms with van der Waals surface area (Å²) in [5.41, 5.74) is -2.80. The molecule has 3 unspecified atom stereocenters. The van der Waals surface area contributed by atoms with E-state index in [1.54, 1.807) is 31.2 Å². The van der Waals surface area contributed by atoms with Crippen LogP contribution in [0.4, 0.5) is 0 Å². The van der Waals surface area contributed by atoms with E-state index in [-0.39, 0.29) is 64.4 Å². The van der Waals surface area contributed by atoms with Gasteiger partial charge in [0.05, 0.1) is 32.4 Å². The number of amides is 1. The second-order valence-electron chi connectivity index (χ2n) is 12.2. The number of carbonyl (C=O) groups is 3. The largest absolute Gasteiger partial charge is 0.507 e. The molecule has 0 fully saturated rings. The number of aliphatic hydroxyl groups excluding tert-OH is 1. The minimum atomic E-state index is -2.10. The van der Waals surface area contributed by atoms with Crippen LogP contribution in [0, 0.1) is 5.92 Å². The van der Waals surface area contributed by atoms with E-state index >= 15 is 0 Å². The summed E-state index contributed by atoms with van der Waals surface area (Å²) in [6, 6.07) is 12.3. The molecule has 51 heavy (non-hydrogen) atoms. The maximum atomic E-state index is 14.3. The van der Waals surface area contributed by atoms with Crippen LogP contribution >= 0.6 is 11.6 Å². The highest BCUT2D eigenvalue weighted by Gasteiger charge is 2.61. The molecule has 0 saturated heterocycles. The molecule has 2 heterocycles. The van der Waals surface area contributed by atoms with E-state index in [9.17, 15) is 34.2 Å². The fourth-order valence-electron chi connectivity index (χ4n) is 6.85. The number of halogens is 1. The third kappa shape index (κ3) is 5.74. The van der Waals surface area contributed by atoms with Gasteiger partial charge in [0.25, 0.3) is 0 Å². The summed E-state index contributed by atoms with van der Waals surface area (Å²) in [6.45, 7) is 1.46. The normalized spacial score (nSPS) is 18.8. The number of nitrogens with zero attached hydrogens (tertiary/aromatic N) is 1. The topological polar surface area (TPSA) is 195 Å². The lowest BCUT2D eigenvalue weighted by molar-refractivity contribution is -0.121. The van der Waals surface area contributed by atoms with Crippen molar-refractivity contribution in [1.82, 2.24) is 14.9 Å². The van der Waals surface area contributed by atoms with Crippen LogP contribution in [-0.4, -0.2) is 70.7 Å². The smallest absolute Gasteiger partial charge is 0.316 e. The lowest BCUT2D eigenvalue weighted by Crippen LogP contribution is -2.53. The summed E-state index contributed by atoms with van der Waals surface area (Å²) in [5.74, 6) is -4.61. The Morgan fingerprint density at radius 1 is 1.04 bits per heavy atom. The molecule has 1 aliphatic heterocycles. The number of aliphatic hydroxyl groups is 1. The monoisotopic (exact) mass is 719 g/mol. The standard InChI is InChI=1S/C36H34ClN3O11/c1-17-13-23(42)28(32(44)36(17)33(45)29-25(49-3)16-26(50-4)30(37)31(29)51-36)19(18-9-10-22(41)24(14-18)48-2)15-27(43)38-11-12-40-21-8-6-5-7-20(21)39-34(46)35(40)47/h5-10,14,16-17,19,41,44H,11-13,15H2,1-4H3,(H,38,43)(H,39,46). The minimum Gasteiger partial charge on any atom is -0.507 e. The molecule has 14 nitrogen and oxygen atoms in total. The molecule has 2 aliphatic rings. The molecule has 1 spiro atoms. The third-order valence-electron chi connectivity index (χ3n) is 9.40. The van der Waals surface area contributed by atoms with Crippen LogP contribution in [0.25, 0.3) is 11.0 Å². The predicted molar refractivity (Wildman–Crippen MR) is 185 cm³/mol. The molecule has 0 saturated carbocycles. The molecule has 0 bridgehead atoms. The number of phenols is 1. The molecule has 1 amide bonds. The van der Waals surface area contributed by atoms with Crippen LogP contribution in [0.15, 0.2) is 69.5 Å². The molecule has 4 N–H and O–H groups in total. The molecule has 1 aliphatic carbocycles. The number of para-hydroxylation sites is 2. The molecule has 266 valence electrons. The number of nitrogens with one attached hydrogen (secondary N) is 2. The summed E-state index contributed by atoms with van der Waals surface area (Å²) in [6.07, 6.45) is -0.671. The summed E-state index contributed by atoms with van der Waals surface area (Å²) >= 11 is 6.58. The lowest BCUT2D eigenvalue weighted by atomic mass is 9.69. The van der Waals surface area contributed by atoms with E-state index in [4.69, 9.17) is 30.5 Å². The zero-order valence-corrected chi connectivity index (χ0v) is 28.8. The lowest BCUT2D eigenvalue weighted by Gasteiger charge is -2.38. The average Bonchev–Trinajstić information content (AvgIpc) is 3.43. The second-order valence-corrected chi connectivity index (χ2v) is 12.6. The first kappa shape index (κ1) is 35.1. The number of H-pyrrole nitrogens is 1. The van der Waals surface area contributed by atoms with E-state index < -0.39 is 58.2 Å². The number of hydrogen-bond donors (Lipinski definition) is 4. The highest BCUT2D eigenvalue weighted by molar-refractivity contribution is 6.35. The number of hydrogen-bond acceptors (Lipinski definition) is 11. The molecule has 4 aromatic rings. The summed E-state index contributed by atoms with van der Waals surface area (Å²) in [5, 5.41) is 25.1. The van der Waals surface area contributed by atoms with Gasteiger partial charge in [0, 0.05) is 49.4 Å². The van der Waals surface area contributed by atoms with Gasteiger partial charge in [-0.25, -0.2) is 0 Å². The van der Waals surface area contributed by atoms with Crippen LogP contribution in [0.1, 0.15) is 41.6 Å². The Balaban J connectivity index is 1.40. The first-order valence-corrected chi connectivity index (χ1v) is 16.3. The zero-order valence-electron chi connectivity index (χ0n) is 28.0. The van der Waals surface area contributed by atoms with Gasteiger partial charge in [0.2, 0.25) is 17.3 Å². The number of aromatic nitrogens is 2. The molecule has 6 rings (SSSR count). The number of Topliss-reactive ketones (excluding diaryl/α,β-unsaturated/α-hetero) is 2. The average molecular weight is 720 g/mol. The van der Waals surface area contributed by atoms with Crippen molar-refractivity contribution in [3.8, 4) is 28.7 Å². The van der Waals surface area contributed by atoms with Crippen LogP contribution < -0.4 is 35.4 Å². The van der Waals surface area contributed by atoms with Crippen molar-refractivity contribution < 1.29 is 43.5 Å². The zero-order chi connectivity index (χ0) is 36.8. The van der Waals surface area contributed by atoms with Crippen molar-refractivity contribution in [3.05, 3.63) is 96.7 Å². The number of benzene rings is 3. The van der Waals surface area contributed by atoms with Gasteiger partial charge in [-0.15, -0.1) is 0 Å². The Morgan fingerprint density at radius 3 is 2.45 bits per heavy atom. The number of methoxy groups -OCH3 is 3. The molecule has 15 heteroatoms. The highest BCUT2D eigenvalue weighted by Crippen LogP contribution is 2.56. The van der Waals surface area contributed by atoms with Crippen molar-refractivity contribution in [2.75, 3.05) is 27.9 Å². The van der Waals surface area contributed by atoms with Crippen LogP contribution in [0.2, 0.25) is 5.02 Å². The van der Waals surface area contributed by atoms with Crippen molar-refractivity contribution in [2.45, 2.75) is 37.8 Å². The Morgan fingerprint density at radius 2 is 1.75 bits per heavy atom. The first-order chi connectivity index (χ1) is 24.4. The number of phenolic OH excluding ortho intramolecular Hbond substituents is 1. The highest BCUT2D eigenvalue weighted by atomic mass is 35.5. The van der Waals surface area contributed by atoms with E-state index in [1.807, 2.05) is 0 Å². The number of fused-ring (bicyclic) bond motifs is 2. The van der Waals surface area contributed by atoms with Crippen molar-refractivity contribution >= 4 is 40.1 Å². The molecule has 1 aromatic heterocycles. The van der Waals surface area contributed by atoms with Crippen LogP contribution in [-0.2, 0) is 16.1 Å². The summed E-state index contributed by atoms with van der Waals surface area (Å²) in [7, 11) is 4.05. The Hall–Kier alpha value is -5.76. The van der Waals surface area contributed by atoms with Gasteiger partial charge in [0.15, 0.2) is 28.8 Å². The number of rotatable bonds is 10. The number of allylic oxidation sites excluding steroid dienone is 1. The van der Waals surface area contributed by atoms with Crippen molar-refractivity contribution in [2.24, 2.45) is 5.92 Å². The molecule has 3 aromatic carbocycles. The predicted octanol–water partition coefficient (Wildman–Crippen LogP) is 3.80. The van der Waals surface area contributed by atoms with Crippen molar-refractivity contribution in [3.63, 3.8) is 0 Å². The summed E-state index contributed by atoms with van der Waals surface area (Å²) in [4.78, 5) is 69.3. The van der Waals surface area contributed by atoms with E-state index in [1.165, 1.54) is 50.2 Å². The number of aromatic hydroxyl groups is 1. The van der Waals surface area contributed by atoms with Gasteiger partial charge in [-0.3, -0.25) is 24.0 Å². The van der Waals surface area contributed by atoms with Crippen LogP contribution in [0.3, 0.4) is 0 Å². The Kier molecular flexibility index (Phi) is 9.29. The van der Waals surface area contributed by atoms with Gasteiger partial charge < -0.3 is 44.0 Å². The Bertz CT molecular complexity index is 2260. The van der Waals surface area contributed by atoms with E-state index in [0.29, 0.717) is 16.6 Å².